The van der Waals surface area contributed by atoms with Crippen LogP contribution in [0, 0.1) is 5.92 Å². The van der Waals surface area contributed by atoms with Crippen molar-refractivity contribution in [1.82, 2.24) is 0 Å². The first-order chi connectivity index (χ1) is 8.35. The van der Waals surface area contributed by atoms with Gasteiger partial charge in [0.15, 0.2) is 0 Å². The molecule has 0 amide bonds. The van der Waals surface area contributed by atoms with E-state index in [1.54, 1.807) is 0 Å². The molecule has 3 heteroatoms. The van der Waals surface area contributed by atoms with Crippen molar-refractivity contribution in [2.75, 3.05) is 31.1 Å². The van der Waals surface area contributed by atoms with E-state index in [0.717, 1.165) is 24.8 Å². The Bertz CT molecular complexity index is 348. The maximum Gasteiger partial charge on any atom is 0.142 e. The molecule has 1 fully saturated rings. The zero-order valence-electron chi connectivity index (χ0n) is 10.6. The molecule has 0 atom stereocenters. The van der Waals surface area contributed by atoms with Gasteiger partial charge in [-0.2, -0.15) is 0 Å². The number of benzene rings is 1. The summed E-state index contributed by atoms with van der Waals surface area (Å²) < 4.78 is 5.67. The lowest BCUT2D eigenvalue weighted by Gasteiger charge is -2.41. The Morgan fingerprint density at radius 2 is 2.12 bits per heavy atom. The fraction of sp³-hybridized carbons (Fsp3) is 0.571. The Labute approximate surface area is 104 Å². The molecular formula is C14H22N2O. The molecule has 2 rings (SSSR count). The third kappa shape index (κ3) is 2.91. The third-order valence-electron chi connectivity index (χ3n) is 3.24. The minimum Gasteiger partial charge on any atom is -0.490 e. The molecule has 2 N–H and O–H groups in total. The topological polar surface area (TPSA) is 38.5 Å². The standard InChI is InChI=1S/C14H22N2O/c1-2-5-12-10-16(11-12)13-6-3-4-7-14(13)17-9-8-15/h3-4,6-7,12H,2,5,8-11,15H2,1H3. The summed E-state index contributed by atoms with van der Waals surface area (Å²) in [5.74, 6) is 1.83. The van der Waals surface area contributed by atoms with Crippen molar-refractivity contribution < 1.29 is 4.74 Å². The summed E-state index contributed by atoms with van der Waals surface area (Å²) in [6.45, 7) is 5.73. The van der Waals surface area contributed by atoms with Crippen molar-refractivity contribution in [2.45, 2.75) is 19.8 Å². The van der Waals surface area contributed by atoms with E-state index in [1.807, 2.05) is 12.1 Å². The average Bonchev–Trinajstić information content (AvgIpc) is 2.31. The van der Waals surface area contributed by atoms with Crippen molar-refractivity contribution in [1.29, 1.82) is 0 Å². The van der Waals surface area contributed by atoms with Gasteiger partial charge in [0.05, 0.1) is 5.69 Å². The maximum absolute atomic E-state index is 5.67. The molecule has 1 aliphatic heterocycles. The van der Waals surface area contributed by atoms with Crippen LogP contribution in [0.2, 0.25) is 0 Å². The molecule has 1 aromatic carbocycles. The van der Waals surface area contributed by atoms with Crippen molar-refractivity contribution in [3.8, 4) is 5.75 Å². The number of ether oxygens (including phenoxy) is 1. The van der Waals surface area contributed by atoms with E-state index >= 15 is 0 Å². The van der Waals surface area contributed by atoms with Crippen LogP contribution in [-0.2, 0) is 0 Å². The molecule has 1 saturated heterocycles. The predicted molar refractivity (Wildman–Crippen MR) is 71.6 cm³/mol. The Morgan fingerprint density at radius 3 is 2.82 bits per heavy atom. The van der Waals surface area contributed by atoms with Crippen LogP contribution in [0.1, 0.15) is 19.8 Å². The van der Waals surface area contributed by atoms with E-state index in [9.17, 15) is 0 Å². The number of rotatable bonds is 6. The summed E-state index contributed by atoms with van der Waals surface area (Å²) >= 11 is 0. The molecule has 17 heavy (non-hydrogen) atoms. The van der Waals surface area contributed by atoms with E-state index in [0.29, 0.717) is 13.2 Å². The van der Waals surface area contributed by atoms with Crippen LogP contribution in [0.4, 0.5) is 5.69 Å². The van der Waals surface area contributed by atoms with Gasteiger partial charge < -0.3 is 15.4 Å². The number of nitrogens with zero attached hydrogens (tertiary/aromatic N) is 1. The highest BCUT2D eigenvalue weighted by atomic mass is 16.5. The lowest BCUT2D eigenvalue weighted by atomic mass is 9.94. The number of anilines is 1. The maximum atomic E-state index is 5.67. The highest BCUT2D eigenvalue weighted by Crippen LogP contribution is 2.34. The number of hydrogen-bond donors (Lipinski definition) is 1. The molecule has 1 aromatic rings. The van der Waals surface area contributed by atoms with Gasteiger partial charge in [-0.05, 0) is 24.5 Å². The molecule has 0 unspecified atom stereocenters. The molecule has 1 heterocycles. The van der Waals surface area contributed by atoms with Gasteiger partial charge in [0.1, 0.15) is 12.4 Å². The minimum absolute atomic E-state index is 0.562. The van der Waals surface area contributed by atoms with Crippen LogP contribution >= 0.6 is 0 Å². The second-order valence-corrected chi connectivity index (χ2v) is 4.66. The van der Waals surface area contributed by atoms with Gasteiger partial charge in [0, 0.05) is 19.6 Å². The van der Waals surface area contributed by atoms with Crippen LogP contribution in [-0.4, -0.2) is 26.2 Å². The molecule has 1 aliphatic rings. The Kier molecular flexibility index (Phi) is 4.26. The second kappa shape index (κ2) is 5.92. The quantitative estimate of drug-likeness (QED) is 0.820. The fourth-order valence-corrected chi connectivity index (χ4v) is 2.37. The summed E-state index contributed by atoms with van der Waals surface area (Å²) in [6, 6.07) is 8.24. The van der Waals surface area contributed by atoms with Gasteiger partial charge >= 0.3 is 0 Å². The molecular weight excluding hydrogens is 212 g/mol. The van der Waals surface area contributed by atoms with E-state index in [1.165, 1.54) is 18.5 Å². The highest BCUT2D eigenvalue weighted by Gasteiger charge is 2.27. The second-order valence-electron chi connectivity index (χ2n) is 4.66. The minimum atomic E-state index is 0.562. The third-order valence-corrected chi connectivity index (χ3v) is 3.24. The SMILES string of the molecule is CCCC1CN(c2ccccc2OCCN)C1. The van der Waals surface area contributed by atoms with E-state index in [-0.39, 0.29) is 0 Å². The van der Waals surface area contributed by atoms with Crippen LogP contribution in [0.3, 0.4) is 0 Å². The van der Waals surface area contributed by atoms with Gasteiger partial charge in [0.2, 0.25) is 0 Å². The van der Waals surface area contributed by atoms with Crippen LogP contribution in [0.5, 0.6) is 5.75 Å². The smallest absolute Gasteiger partial charge is 0.142 e. The van der Waals surface area contributed by atoms with Crippen molar-refractivity contribution in [3.63, 3.8) is 0 Å². The number of hydrogen-bond acceptors (Lipinski definition) is 3. The summed E-state index contributed by atoms with van der Waals surface area (Å²) in [4.78, 5) is 2.40. The number of para-hydroxylation sites is 2. The number of nitrogens with two attached hydrogens (primary N) is 1. The van der Waals surface area contributed by atoms with E-state index in [4.69, 9.17) is 10.5 Å². The average molecular weight is 234 g/mol. The lowest BCUT2D eigenvalue weighted by molar-refractivity contribution is 0.321. The molecule has 94 valence electrons. The normalized spacial score (nSPS) is 15.8. The van der Waals surface area contributed by atoms with Gasteiger partial charge in [-0.1, -0.05) is 25.5 Å². The lowest BCUT2D eigenvalue weighted by Crippen LogP contribution is -2.46. The highest BCUT2D eigenvalue weighted by molar-refractivity contribution is 5.60. The van der Waals surface area contributed by atoms with Gasteiger partial charge in [0.25, 0.3) is 0 Å². The Balaban J connectivity index is 1.96. The molecule has 3 nitrogen and oxygen atoms in total. The summed E-state index contributed by atoms with van der Waals surface area (Å²) in [7, 11) is 0. The Morgan fingerprint density at radius 1 is 1.35 bits per heavy atom. The molecule has 0 radical (unpaired) electrons. The van der Waals surface area contributed by atoms with Crippen LogP contribution in [0.15, 0.2) is 24.3 Å². The first kappa shape index (κ1) is 12.2. The zero-order valence-corrected chi connectivity index (χ0v) is 10.6. The summed E-state index contributed by atoms with van der Waals surface area (Å²) in [6.07, 6.45) is 2.62. The fourth-order valence-electron chi connectivity index (χ4n) is 2.37. The summed E-state index contributed by atoms with van der Waals surface area (Å²) in [5.41, 5.74) is 6.69. The predicted octanol–water partition coefficient (Wildman–Crippen LogP) is 2.26. The molecule has 0 bridgehead atoms. The van der Waals surface area contributed by atoms with Gasteiger partial charge in [-0.3, -0.25) is 0 Å². The molecule has 0 spiro atoms. The van der Waals surface area contributed by atoms with Gasteiger partial charge in [-0.25, -0.2) is 0 Å². The molecule has 0 aliphatic carbocycles. The van der Waals surface area contributed by atoms with E-state index in [2.05, 4.69) is 24.0 Å². The Hall–Kier alpha value is -1.22. The van der Waals surface area contributed by atoms with Crippen LogP contribution < -0.4 is 15.4 Å². The monoisotopic (exact) mass is 234 g/mol. The first-order valence-electron chi connectivity index (χ1n) is 6.52. The molecule has 0 aromatic heterocycles. The molecule has 0 saturated carbocycles. The first-order valence-corrected chi connectivity index (χ1v) is 6.52. The largest absolute Gasteiger partial charge is 0.490 e. The summed E-state index contributed by atoms with van der Waals surface area (Å²) in [5, 5.41) is 0. The van der Waals surface area contributed by atoms with Crippen molar-refractivity contribution >= 4 is 5.69 Å². The zero-order chi connectivity index (χ0) is 12.1. The van der Waals surface area contributed by atoms with E-state index < -0.39 is 0 Å². The van der Waals surface area contributed by atoms with Crippen LogP contribution in [0.25, 0.3) is 0 Å². The van der Waals surface area contributed by atoms with Crippen molar-refractivity contribution in [3.05, 3.63) is 24.3 Å². The van der Waals surface area contributed by atoms with Crippen molar-refractivity contribution in [2.24, 2.45) is 11.7 Å². The van der Waals surface area contributed by atoms with Gasteiger partial charge in [-0.15, -0.1) is 0 Å².